The molecule has 0 atom stereocenters. The number of carbonyl (C=O) groups excluding carboxylic acids is 1. The van der Waals surface area contributed by atoms with Crippen LogP contribution in [0.1, 0.15) is 17.0 Å². The molecule has 4 rings (SSSR count). The zero-order valence-corrected chi connectivity index (χ0v) is 17.5. The first-order valence-corrected chi connectivity index (χ1v) is 9.88. The van der Waals surface area contributed by atoms with Crippen molar-refractivity contribution in [2.45, 2.75) is 20.3 Å². The van der Waals surface area contributed by atoms with Gasteiger partial charge in [-0.2, -0.15) is 5.10 Å². The Morgan fingerprint density at radius 3 is 2.62 bits per heavy atom. The molecule has 3 aromatic rings. The van der Waals surface area contributed by atoms with E-state index in [2.05, 4.69) is 10.4 Å². The highest BCUT2D eigenvalue weighted by molar-refractivity contribution is 6.35. The van der Waals surface area contributed by atoms with E-state index in [0.717, 1.165) is 22.6 Å². The number of hydrogen-bond donors (Lipinski definition) is 1. The number of nitrogens with one attached hydrogen (secondary N) is 1. The largest absolute Gasteiger partial charge is 0.486 e. The molecule has 0 saturated carbocycles. The van der Waals surface area contributed by atoms with Gasteiger partial charge >= 0.3 is 0 Å². The summed E-state index contributed by atoms with van der Waals surface area (Å²) in [6.45, 7) is 4.81. The first-order valence-electron chi connectivity index (χ1n) is 9.12. The molecule has 0 fully saturated rings. The van der Waals surface area contributed by atoms with Crippen molar-refractivity contribution in [3.05, 3.63) is 63.4 Å². The Labute approximate surface area is 178 Å². The van der Waals surface area contributed by atoms with Gasteiger partial charge in [0.15, 0.2) is 11.5 Å². The fourth-order valence-corrected chi connectivity index (χ4v) is 3.79. The monoisotopic (exact) mass is 431 g/mol. The quantitative estimate of drug-likeness (QED) is 0.647. The third kappa shape index (κ3) is 4.04. The fraction of sp³-hybridized carbons (Fsp3) is 0.238. The van der Waals surface area contributed by atoms with Crippen molar-refractivity contribution in [2.75, 3.05) is 18.5 Å². The van der Waals surface area contributed by atoms with Crippen LogP contribution in [-0.4, -0.2) is 28.9 Å². The highest BCUT2D eigenvalue weighted by Crippen LogP contribution is 2.33. The number of rotatable bonds is 4. The van der Waals surface area contributed by atoms with E-state index in [-0.39, 0.29) is 12.3 Å². The molecule has 150 valence electrons. The van der Waals surface area contributed by atoms with Gasteiger partial charge in [0.1, 0.15) is 13.2 Å². The predicted octanol–water partition coefficient (Wildman–Crippen LogP) is 4.75. The molecule has 1 N–H and O–H groups in total. The lowest BCUT2D eigenvalue weighted by molar-refractivity contribution is -0.115. The van der Waals surface area contributed by atoms with Gasteiger partial charge in [0, 0.05) is 28.0 Å². The average molecular weight is 432 g/mol. The Morgan fingerprint density at radius 1 is 1.10 bits per heavy atom. The minimum absolute atomic E-state index is 0.144. The number of fused-ring (bicyclic) bond motifs is 1. The summed E-state index contributed by atoms with van der Waals surface area (Å²) in [7, 11) is 0. The SMILES string of the molecule is Cc1nn(-c2ccc(Cl)cc2Cl)c(C)c1CC(=O)Nc1ccc2c(c1)OCCO2. The highest BCUT2D eigenvalue weighted by atomic mass is 35.5. The van der Waals surface area contributed by atoms with Crippen LogP contribution in [0.2, 0.25) is 10.0 Å². The first kappa shape index (κ1) is 19.6. The molecular weight excluding hydrogens is 413 g/mol. The van der Waals surface area contributed by atoms with E-state index in [1.807, 2.05) is 19.9 Å². The van der Waals surface area contributed by atoms with Gasteiger partial charge in [0.05, 0.1) is 22.8 Å². The van der Waals surface area contributed by atoms with Gasteiger partial charge in [0.2, 0.25) is 5.91 Å². The number of ether oxygens (including phenoxy) is 2. The lowest BCUT2D eigenvalue weighted by Crippen LogP contribution is -2.17. The second-order valence-electron chi connectivity index (χ2n) is 6.74. The van der Waals surface area contributed by atoms with Crippen molar-refractivity contribution in [3.63, 3.8) is 0 Å². The van der Waals surface area contributed by atoms with E-state index in [4.69, 9.17) is 32.7 Å². The summed E-state index contributed by atoms with van der Waals surface area (Å²) < 4.78 is 12.8. The normalized spacial score (nSPS) is 12.7. The van der Waals surface area contributed by atoms with Crippen LogP contribution in [0.3, 0.4) is 0 Å². The number of amides is 1. The van der Waals surface area contributed by atoms with Crippen LogP contribution in [0.4, 0.5) is 5.69 Å². The van der Waals surface area contributed by atoms with Crippen LogP contribution < -0.4 is 14.8 Å². The minimum Gasteiger partial charge on any atom is -0.486 e. The van der Waals surface area contributed by atoms with E-state index in [1.165, 1.54) is 0 Å². The second kappa shape index (κ2) is 7.97. The van der Waals surface area contributed by atoms with E-state index < -0.39 is 0 Å². The van der Waals surface area contributed by atoms with Crippen LogP contribution >= 0.6 is 23.2 Å². The molecule has 2 aromatic carbocycles. The molecule has 1 aliphatic heterocycles. The average Bonchev–Trinajstić information content (AvgIpc) is 2.96. The lowest BCUT2D eigenvalue weighted by Gasteiger charge is -2.19. The molecule has 1 aliphatic rings. The zero-order valence-electron chi connectivity index (χ0n) is 16.0. The van der Waals surface area contributed by atoms with E-state index >= 15 is 0 Å². The Balaban J connectivity index is 1.53. The van der Waals surface area contributed by atoms with E-state index in [1.54, 1.807) is 35.0 Å². The molecule has 0 radical (unpaired) electrons. The molecular formula is C21H19Cl2N3O3. The van der Waals surface area contributed by atoms with E-state index in [9.17, 15) is 4.79 Å². The third-order valence-corrected chi connectivity index (χ3v) is 5.28. The summed E-state index contributed by atoms with van der Waals surface area (Å²) in [4.78, 5) is 12.6. The third-order valence-electron chi connectivity index (χ3n) is 4.74. The Hall–Kier alpha value is -2.70. The van der Waals surface area contributed by atoms with Crippen molar-refractivity contribution in [2.24, 2.45) is 0 Å². The molecule has 29 heavy (non-hydrogen) atoms. The molecule has 2 heterocycles. The standard InChI is InChI=1S/C21H19Cl2N3O3/c1-12-16(13(2)26(25-12)18-5-3-14(22)9-17(18)23)11-21(27)24-15-4-6-19-20(10-15)29-8-7-28-19/h3-6,9-10H,7-8,11H2,1-2H3,(H,24,27). The smallest absolute Gasteiger partial charge is 0.228 e. The molecule has 0 spiro atoms. The van der Waals surface area contributed by atoms with Gasteiger partial charge in [-0.15, -0.1) is 0 Å². The van der Waals surface area contributed by atoms with Crippen molar-refractivity contribution in [1.29, 1.82) is 0 Å². The second-order valence-corrected chi connectivity index (χ2v) is 7.58. The molecule has 0 unspecified atom stereocenters. The Kier molecular flexibility index (Phi) is 5.39. The number of anilines is 1. The van der Waals surface area contributed by atoms with Gasteiger partial charge < -0.3 is 14.8 Å². The van der Waals surface area contributed by atoms with Crippen LogP contribution in [0.15, 0.2) is 36.4 Å². The van der Waals surface area contributed by atoms with Gasteiger partial charge in [-0.1, -0.05) is 23.2 Å². The summed E-state index contributed by atoms with van der Waals surface area (Å²) in [6, 6.07) is 10.6. The van der Waals surface area contributed by atoms with Crippen LogP contribution in [-0.2, 0) is 11.2 Å². The molecule has 0 aliphatic carbocycles. The minimum atomic E-state index is -0.144. The number of benzene rings is 2. The van der Waals surface area contributed by atoms with Crippen molar-refractivity contribution >= 4 is 34.8 Å². The number of aryl methyl sites for hydroxylation is 1. The summed E-state index contributed by atoms with van der Waals surface area (Å²) >= 11 is 12.3. The molecule has 8 heteroatoms. The maximum absolute atomic E-state index is 12.6. The maximum Gasteiger partial charge on any atom is 0.228 e. The lowest BCUT2D eigenvalue weighted by atomic mass is 10.1. The van der Waals surface area contributed by atoms with Gasteiger partial charge in [0.25, 0.3) is 0 Å². The van der Waals surface area contributed by atoms with Gasteiger partial charge in [-0.05, 0) is 44.2 Å². The molecule has 1 aromatic heterocycles. The van der Waals surface area contributed by atoms with Gasteiger partial charge in [-0.3, -0.25) is 4.79 Å². The van der Waals surface area contributed by atoms with Crippen molar-refractivity contribution in [1.82, 2.24) is 9.78 Å². The summed E-state index contributed by atoms with van der Waals surface area (Å²) in [5, 5.41) is 8.52. The van der Waals surface area contributed by atoms with Crippen LogP contribution in [0.25, 0.3) is 5.69 Å². The summed E-state index contributed by atoms with van der Waals surface area (Å²) in [5.41, 5.74) is 3.85. The Bertz CT molecular complexity index is 1100. The van der Waals surface area contributed by atoms with E-state index in [0.29, 0.717) is 40.4 Å². The topological polar surface area (TPSA) is 65.4 Å². The number of hydrogen-bond acceptors (Lipinski definition) is 4. The highest BCUT2D eigenvalue weighted by Gasteiger charge is 2.18. The maximum atomic E-state index is 12.6. The van der Waals surface area contributed by atoms with Crippen LogP contribution in [0, 0.1) is 13.8 Å². The predicted molar refractivity (Wildman–Crippen MR) is 113 cm³/mol. The molecule has 6 nitrogen and oxygen atoms in total. The Morgan fingerprint density at radius 2 is 1.86 bits per heavy atom. The van der Waals surface area contributed by atoms with Crippen molar-refractivity contribution in [3.8, 4) is 17.2 Å². The number of aromatic nitrogens is 2. The zero-order chi connectivity index (χ0) is 20.5. The summed E-state index contributed by atoms with van der Waals surface area (Å²) in [5.74, 6) is 1.17. The molecule has 1 amide bonds. The fourth-order valence-electron chi connectivity index (χ4n) is 3.31. The number of nitrogens with zero attached hydrogens (tertiary/aromatic N) is 2. The first-order chi connectivity index (χ1) is 13.9. The molecule has 0 bridgehead atoms. The number of carbonyl (C=O) groups is 1. The van der Waals surface area contributed by atoms with Crippen LogP contribution in [0.5, 0.6) is 11.5 Å². The van der Waals surface area contributed by atoms with Crippen molar-refractivity contribution < 1.29 is 14.3 Å². The van der Waals surface area contributed by atoms with Gasteiger partial charge in [-0.25, -0.2) is 4.68 Å². The molecule has 0 saturated heterocycles. The number of halogens is 2. The summed E-state index contributed by atoms with van der Waals surface area (Å²) in [6.07, 6.45) is 0.192.